The van der Waals surface area contributed by atoms with Crippen molar-refractivity contribution in [3.8, 4) is 0 Å². The van der Waals surface area contributed by atoms with Gasteiger partial charge in [0.25, 0.3) is 0 Å². The van der Waals surface area contributed by atoms with Gasteiger partial charge in [0, 0.05) is 32.1 Å². The van der Waals surface area contributed by atoms with Gasteiger partial charge in [0.2, 0.25) is 5.91 Å². The number of carbonyl (C=O) groups is 1. The Bertz CT molecular complexity index is 863. The number of nitrogens with one attached hydrogen (secondary N) is 2. The highest BCUT2D eigenvalue weighted by Gasteiger charge is 2.26. The third-order valence-corrected chi connectivity index (χ3v) is 4.84. The summed E-state index contributed by atoms with van der Waals surface area (Å²) in [5.74, 6) is 0.382. The standard InChI is InChI=1S/C21H22N4O/c1-25-20(17-14-22-13-12-18(17)24-25)23-21(26)19(15-8-4-2-5-9-15)16-10-6-3-7-11-16/h2-11,19,22H,12-14H2,1H3,(H,23,26). The minimum Gasteiger partial charge on any atom is -0.312 e. The Labute approximate surface area is 153 Å². The number of aryl methyl sites for hydroxylation is 1. The molecule has 5 heteroatoms. The molecule has 1 aliphatic rings. The summed E-state index contributed by atoms with van der Waals surface area (Å²) in [7, 11) is 1.88. The third-order valence-electron chi connectivity index (χ3n) is 4.84. The highest BCUT2D eigenvalue weighted by molar-refractivity contribution is 5.98. The summed E-state index contributed by atoms with van der Waals surface area (Å²) >= 11 is 0. The Kier molecular flexibility index (Phi) is 4.54. The average Bonchev–Trinajstić information content (AvgIpc) is 2.99. The summed E-state index contributed by atoms with van der Waals surface area (Å²) in [6, 6.07) is 19.8. The highest BCUT2D eigenvalue weighted by Crippen LogP contribution is 2.28. The van der Waals surface area contributed by atoms with E-state index in [1.807, 2.05) is 67.7 Å². The van der Waals surface area contributed by atoms with Gasteiger partial charge in [-0.05, 0) is 11.1 Å². The number of rotatable bonds is 4. The van der Waals surface area contributed by atoms with Gasteiger partial charge in [-0.25, -0.2) is 0 Å². The van der Waals surface area contributed by atoms with Crippen molar-refractivity contribution in [3.05, 3.63) is 83.0 Å². The molecular weight excluding hydrogens is 324 g/mol. The van der Waals surface area contributed by atoms with E-state index in [-0.39, 0.29) is 11.8 Å². The van der Waals surface area contributed by atoms with Crippen LogP contribution in [0, 0.1) is 0 Å². The number of anilines is 1. The molecule has 1 amide bonds. The van der Waals surface area contributed by atoms with E-state index in [1.54, 1.807) is 4.68 Å². The first-order valence-corrected chi connectivity index (χ1v) is 8.90. The van der Waals surface area contributed by atoms with Crippen molar-refractivity contribution >= 4 is 11.7 Å². The van der Waals surface area contributed by atoms with Gasteiger partial charge >= 0.3 is 0 Å². The zero-order valence-corrected chi connectivity index (χ0v) is 14.8. The van der Waals surface area contributed by atoms with Crippen molar-refractivity contribution in [2.24, 2.45) is 7.05 Å². The number of carbonyl (C=O) groups excluding carboxylic acids is 1. The summed E-state index contributed by atoms with van der Waals surface area (Å²) in [6.07, 6.45) is 0.889. The molecule has 0 bridgehead atoms. The first kappa shape index (κ1) is 16.5. The molecule has 0 spiro atoms. The zero-order valence-electron chi connectivity index (χ0n) is 14.8. The molecule has 3 aromatic rings. The maximum Gasteiger partial charge on any atom is 0.237 e. The molecule has 4 rings (SSSR count). The first-order chi connectivity index (χ1) is 12.7. The molecule has 0 radical (unpaired) electrons. The normalized spacial score (nSPS) is 13.5. The van der Waals surface area contributed by atoms with Crippen LogP contribution in [0.2, 0.25) is 0 Å². The van der Waals surface area contributed by atoms with Crippen molar-refractivity contribution in [2.45, 2.75) is 18.9 Å². The first-order valence-electron chi connectivity index (χ1n) is 8.90. The Hall–Kier alpha value is -2.92. The van der Waals surface area contributed by atoms with Crippen molar-refractivity contribution < 1.29 is 4.79 Å². The second kappa shape index (κ2) is 7.14. The van der Waals surface area contributed by atoms with Crippen molar-refractivity contribution in [1.29, 1.82) is 0 Å². The van der Waals surface area contributed by atoms with E-state index < -0.39 is 0 Å². The van der Waals surface area contributed by atoms with Crippen LogP contribution in [0.15, 0.2) is 60.7 Å². The Morgan fingerprint density at radius 1 is 1.08 bits per heavy atom. The van der Waals surface area contributed by atoms with E-state index in [0.717, 1.165) is 47.7 Å². The lowest BCUT2D eigenvalue weighted by atomic mass is 9.90. The number of fused-ring (bicyclic) bond motifs is 1. The van der Waals surface area contributed by atoms with Crippen molar-refractivity contribution in [1.82, 2.24) is 15.1 Å². The topological polar surface area (TPSA) is 59.0 Å². The number of aromatic nitrogens is 2. The quantitative estimate of drug-likeness (QED) is 0.764. The highest BCUT2D eigenvalue weighted by atomic mass is 16.2. The Morgan fingerprint density at radius 2 is 1.69 bits per heavy atom. The molecule has 1 aromatic heterocycles. The van der Waals surface area contributed by atoms with Gasteiger partial charge in [-0.15, -0.1) is 0 Å². The largest absolute Gasteiger partial charge is 0.312 e. The zero-order chi connectivity index (χ0) is 17.9. The van der Waals surface area contributed by atoms with E-state index in [4.69, 9.17) is 0 Å². The number of hydrogen-bond acceptors (Lipinski definition) is 3. The van der Waals surface area contributed by atoms with Crippen LogP contribution in [0.5, 0.6) is 0 Å². The van der Waals surface area contributed by atoms with E-state index in [1.165, 1.54) is 0 Å². The number of hydrogen-bond donors (Lipinski definition) is 2. The summed E-state index contributed by atoms with van der Waals surface area (Å²) in [4.78, 5) is 13.3. The van der Waals surface area contributed by atoms with Crippen LogP contribution in [-0.4, -0.2) is 22.2 Å². The van der Waals surface area contributed by atoms with E-state index in [9.17, 15) is 4.79 Å². The molecule has 26 heavy (non-hydrogen) atoms. The number of nitrogens with zero attached hydrogens (tertiary/aromatic N) is 2. The third kappa shape index (κ3) is 3.13. The smallest absolute Gasteiger partial charge is 0.237 e. The molecule has 5 nitrogen and oxygen atoms in total. The summed E-state index contributed by atoms with van der Waals surface area (Å²) in [5, 5.41) is 11.1. The molecule has 0 aliphatic carbocycles. The van der Waals surface area contributed by atoms with Gasteiger partial charge in [-0.1, -0.05) is 60.7 Å². The Balaban J connectivity index is 1.69. The van der Waals surface area contributed by atoms with Gasteiger partial charge in [0.15, 0.2) is 0 Å². The van der Waals surface area contributed by atoms with E-state index >= 15 is 0 Å². The summed E-state index contributed by atoms with van der Waals surface area (Å²) < 4.78 is 1.78. The van der Waals surface area contributed by atoms with Crippen LogP contribution < -0.4 is 10.6 Å². The molecule has 0 saturated carbocycles. The molecule has 0 unspecified atom stereocenters. The number of benzene rings is 2. The molecule has 0 saturated heterocycles. The van der Waals surface area contributed by atoms with Gasteiger partial charge < -0.3 is 10.6 Å². The average molecular weight is 346 g/mol. The van der Waals surface area contributed by atoms with E-state index in [2.05, 4.69) is 15.7 Å². The van der Waals surface area contributed by atoms with Gasteiger partial charge in [-0.2, -0.15) is 5.10 Å². The van der Waals surface area contributed by atoms with E-state index in [0.29, 0.717) is 0 Å². The molecule has 0 fully saturated rings. The van der Waals surface area contributed by atoms with Crippen LogP contribution >= 0.6 is 0 Å². The fourth-order valence-corrected chi connectivity index (χ4v) is 3.56. The second-order valence-electron chi connectivity index (χ2n) is 6.57. The SMILES string of the molecule is Cn1nc2c(c1NC(=O)C(c1ccccc1)c1ccccc1)CNCC2. The van der Waals surface area contributed by atoms with Gasteiger partial charge in [-0.3, -0.25) is 9.48 Å². The van der Waals surface area contributed by atoms with Crippen LogP contribution in [0.1, 0.15) is 28.3 Å². The summed E-state index contributed by atoms with van der Waals surface area (Å²) in [5.41, 5.74) is 4.11. The van der Waals surface area contributed by atoms with Crippen molar-refractivity contribution in [3.63, 3.8) is 0 Å². The molecule has 2 heterocycles. The van der Waals surface area contributed by atoms with Crippen molar-refractivity contribution in [2.75, 3.05) is 11.9 Å². The maximum atomic E-state index is 13.3. The second-order valence-corrected chi connectivity index (χ2v) is 6.57. The fourth-order valence-electron chi connectivity index (χ4n) is 3.56. The van der Waals surface area contributed by atoms with Crippen LogP contribution in [0.3, 0.4) is 0 Å². The maximum absolute atomic E-state index is 13.3. The minimum atomic E-state index is -0.362. The molecule has 132 valence electrons. The predicted molar refractivity (Wildman–Crippen MR) is 102 cm³/mol. The lowest BCUT2D eigenvalue weighted by Gasteiger charge is -2.19. The van der Waals surface area contributed by atoms with Crippen LogP contribution in [0.4, 0.5) is 5.82 Å². The van der Waals surface area contributed by atoms with Crippen LogP contribution in [0.25, 0.3) is 0 Å². The fraction of sp³-hybridized carbons (Fsp3) is 0.238. The molecule has 0 atom stereocenters. The molecule has 2 aromatic carbocycles. The lowest BCUT2D eigenvalue weighted by Crippen LogP contribution is -2.26. The van der Waals surface area contributed by atoms with Gasteiger partial charge in [0.1, 0.15) is 5.82 Å². The number of amides is 1. The van der Waals surface area contributed by atoms with Crippen LogP contribution in [-0.2, 0) is 24.8 Å². The Morgan fingerprint density at radius 3 is 2.31 bits per heavy atom. The minimum absolute atomic E-state index is 0.0428. The molecular formula is C21H22N4O. The predicted octanol–water partition coefficient (Wildman–Crippen LogP) is 2.84. The molecule has 1 aliphatic heterocycles. The monoisotopic (exact) mass is 346 g/mol. The lowest BCUT2D eigenvalue weighted by molar-refractivity contribution is -0.116. The summed E-state index contributed by atoms with van der Waals surface area (Å²) in [6.45, 7) is 1.66. The van der Waals surface area contributed by atoms with Gasteiger partial charge in [0.05, 0.1) is 11.6 Å². The molecule has 2 N–H and O–H groups in total.